The van der Waals surface area contributed by atoms with Crippen molar-refractivity contribution in [3.8, 4) is 0 Å². The molecule has 3 nitrogen and oxygen atoms in total. The first-order valence-corrected chi connectivity index (χ1v) is 6.26. The van der Waals surface area contributed by atoms with E-state index < -0.39 is 0 Å². The highest BCUT2D eigenvalue weighted by molar-refractivity contribution is 4.85. The Morgan fingerprint density at radius 2 is 2.20 bits per heavy atom. The fourth-order valence-electron chi connectivity index (χ4n) is 2.22. The van der Waals surface area contributed by atoms with Crippen molar-refractivity contribution in [1.82, 2.24) is 5.32 Å². The van der Waals surface area contributed by atoms with E-state index in [2.05, 4.69) is 5.32 Å². The molecule has 0 spiro atoms. The zero-order chi connectivity index (χ0) is 10.5. The van der Waals surface area contributed by atoms with E-state index in [1.54, 1.807) is 0 Å². The predicted octanol–water partition coefficient (Wildman–Crippen LogP) is 1.57. The number of nitrogens with one attached hydrogen (secondary N) is 1. The molecule has 1 saturated heterocycles. The highest BCUT2D eigenvalue weighted by Crippen LogP contribution is 2.32. The molecule has 1 saturated carbocycles. The summed E-state index contributed by atoms with van der Waals surface area (Å²) in [5, 5.41) is 3.34. The van der Waals surface area contributed by atoms with Crippen molar-refractivity contribution in [2.45, 2.75) is 44.2 Å². The maximum absolute atomic E-state index is 5.74. The molecule has 3 heteroatoms. The van der Waals surface area contributed by atoms with Gasteiger partial charge in [-0.1, -0.05) is 0 Å². The van der Waals surface area contributed by atoms with E-state index in [0.717, 1.165) is 25.7 Å². The highest BCUT2D eigenvalue weighted by atomic mass is 16.5. The van der Waals surface area contributed by atoms with Crippen LogP contribution in [0.5, 0.6) is 0 Å². The van der Waals surface area contributed by atoms with Gasteiger partial charge < -0.3 is 14.8 Å². The van der Waals surface area contributed by atoms with Gasteiger partial charge in [-0.15, -0.1) is 0 Å². The molecule has 2 fully saturated rings. The topological polar surface area (TPSA) is 30.5 Å². The van der Waals surface area contributed by atoms with E-state index in [4.69, 9.17) is 9.47 Å². The number of ether oxygens (including phenoxy) is 2. The summed E-state index contributed by atoms with van der Waals surface area (Å²) in [5.74, 6) is 0.863. The molecule has 0 radical (unpaired) electrons. The maximum atomic E-state index is 5.74. The number of rotatable bonds is 6. The number of likely N-dealkylation sites (N-methyl/N-ethyl adjacent to an activating group) is 1. The van der Waals surface area contributed by atoms with E-state index in [0.29, 0.717) is 12.1 Å². The van der Waals surface area contributed by atoms with Crippen LogP contribution in [0.15, 0.2) is 0 Å². The Labute approximate surface area is 92.5 Å². The molecule has 1 aliphatic heterocycles. The molecule has 2 rings (SSSR count). The lowest BCUT2D eigenvalue weighted by molar-refractivity contribution is -0.0446. The van der Waals surface area contributed by atoms with Crippen molar-refractivity contribution in [1.29, 1.82) is 0 Å². The minimum atomic E-state index is 0.357. The average molecular weight is 213 g/mol. The van der Waals surface area contributed by atoms with E-state index in [1.807, 2.05) is 7.05 Å². The quantitative estimate of drug-likeness (QED) is 0.726. The van der Waals surface area contributed by atoms with Gasteiger partial charge >= 0.3 is 0 Å². The molecule has 1 N–H and O–H groups in total. The van der Waals surface area contributed by atoms with Gasteiger partial charge in [0, 0.05) is 12.6 Å². The average Bonchev–Trinajstić information content (AvgIpc) is 3.10. The minimum absolute atomic E-state index is 0.357. The van der Waals surface area contributed by atoms with Crippen LogP contribution in [0.1, 0.15) is 32.1 Å². The zero-order valence-corrected chi connectivity index (χ0v) is 9.71. The van der Waals surface area contributed by atoms with Crippen molar-refractivity contribution >= 4 is 0 Å². The van der Waals surface area contributed by atoms with Crippen LogP contribution in [0, 0.1) is 5.92 Å². The normalized spacial score (nSPS) is 29.0. The summed E-state index contributed by atoms with van der Waals surface area (Å²) >= 11 is 0. The summed E-state index contributed by atoms with van der Waals surface area (Å²) in [6.45, 7) is 2.55. The lowest BCUT2D eigenvalue weighted by Gasteiger charge is -2.23. The first-order chi connectivity index (χ1) is 7.40. The van der Waals surface area contributed by atoms with E-state index in [-0.39, 0.29) is 0 Å². The van der Waals surface area contributed by atoms with Crippen molar-refractivity contribution in [2.75, 3.05) is 26.9 Å². The van der Waals surface area contributed by atoms with E-state index in [1.165, 1.54) is 32.1 Å². The third-order valence-electron chi connectivity index (χ3n) is 3.44. The molecule has 0 amide bonds. The first kappa shape index (κ1) is 11.4. The van der Waals surface area contributed by atoms with Crippen LogP contribution < -0.4 is 5.32 Å². The Kier molecular flexibility index (Phi) is 4.42. The summed E-state index contributed by atoms with van der Waals surface area (Å²) in [6, 6.07) is 0.564. The van der Waals surface area contributed by atoms with Crippen LogP contribution in [0.2, 0.25) is 0 Å². The lowest BCUT2D eigenvalue weighted by Crippen LogP contribution is -2.34. The largest absolute Gasteiger partial charge is 0.377 e. The molecular formula is C12H23NO2. The van der Waals surface area contributed by atoms with Gasteiger partial charge in [0.15, 0.2) is 0 Å². The van der Waals surface area contributed by atoms with Crippen molar-refractivity contribution in [3.05, 3.63) is 0 Å². The lowest BCUT2D eigenvalue weighted by atomic mass is 10.1. The molecule has 1 aliphatic carbocycles. The molecule has 2 aliphatic rings. The second-order valence-electron chi connectivity index (χ2n) is 4.76. The van der Waals surface area contributed by atoms with Gasteiger partial charge in [0.1, 0.15) is 0 Å². The van der Waals surface area contributed by atoms with Gasteiger partial charge in [0.25, 0.3) is 0 Å². The van der Waals surface area contributed by atoms with Crippen LogP contribution in [-0.4, -0.2) is 39.0 Å². The monoisotopic (exact) mass is 213 g/mol. The van der Waals surface area contributed by atoms with Gasteiger partial charge in [0.05, 0.1) is 19.3 Å². The van der Waals surface area contributed by atoms with Crippen molar-refractivity contribution in [3.63, 3.8) is 0 Å². The van der Waals surface area contributed by atoms with Crippen LogP contribution in [0.4, 0.5) is 0 Å². The van der Waals surface area contributed by atoms with Crippen LogP contribution in [0.3, 0.4) is 0 Å². The van der Waals surface area contributed by atoms with Crippen LogP contribution in [0.25, 0.3) is 0 Å². The second kappa shape index (κ2) is 5.83. The van der Waals surface area contributed by atoms with E-state index in [9.17, 15) is 0 Å². The minimum Gasteiger partial charge on any atom is -0.377 e. The molecule has 2 atom stereocenters. The molecule has 88 valence electrons. The molecule has 0 bridgehead atoms. The number of hydrogen-bond acceptors (Lipinski definition) is 3. The Morgan fingerprint density at radius 1 is 1.33 bits per heavy atom. The van der Waals surface area contributed by atoms with Gasteiger partial charge in [-0.05, 0) is 45.1 Å². The standard InChI is InChI=1S/C12H23NO2/c1-13-12(10-5-6-10)9-14-8-11-4-2-3-7-15-11/h10-13H,2-9H2,1H3. The van der Waals surface area contributed by atoms with Gasteiger partial charge in [-0.3, -0.25) is 0 Å². The van der Waals surface area contributed by atoms with Crippen molar-refractivity contribution < 1.29 is 9.47 Å². The Bertz CT molecular complexity index is 176. The fourth-order valence-corrected chi connectivity index (χ4v) is 2.22. The second-order valence-corrected chi connectivity index (χ2v) is 4.76. The van der Waals surface area contributed by atoms with Crippen LogP contribution >= 0.6 is 0 Å². The molecule has 1 heterocycles. The highest BCUT2D eigenvalue weighted by Gasteiger charge is 2.30. The number of hydrogen-bond donors (Lipinski definition) is 1. The van der Waals surface area contributed by atoms with Crippen LogP contribution in [-0.2, 0) is 9.47 Å². The first-order valence-electron chi connectivity index (χ1n) is 6.26. The maximum Gasteiger partial charge on any atom is 0.0808 e. The molecule has 0 aromatic carbocycles. The fraction of sp³-hybridized carbons (Fsp3) is 1.00. The zero-order valence-electron chi connectivity index (χ0n) is 9.71. The van der Waals surface area contributed by atoms with Crippen molar-refractivity contribution in [2.24, 2.45) is 5.92 Å². The third-order valence-corrected chi connectivity index (χ3v) is 3.44. The summed E-state index contributed by atoms with van der Waals surface area (Å²) in [5.41, 5.74) is 0. The van der Waals surface area contributed by atoms with Gasteiger partial charge in [0.2, 0.25) is 0 Å². The van der Waals surface area contributed by atoms with E-state index >= 15 is 0 Å². The molecule has 0 aromatic heterocycles. The molecule has 0 aromatic rings. The Balaban J connectivity index is 1.56. The molecule has 15 heavy (non-hydrogen) atoms. The predicted molar refractivity (Wildman–Crippen MR) is 60.0 cm³/mol. The Morgan fingerprint density at radius 3 is 2.80 bits per heavy atom. The summed E-state index contributed by atoms with van der Waals surface area (Å²) in [6.07, 6.45) is 6.79. The SMILES string of the molecule is CNC(COCC1CCCCO1)C1CC1. The van der Waals surface area contributed by atoms with Gasteiger partial charge in [-0.25, -0.2) is 0 Å². The summed E-state index contributed by atoms with van der Waals surface area (Å²) < 4.78 is 11.4. The summed E-state index contributed by atoms with van der Waals surface area (Å²) in [7, 11) is 2.03. The summed E-state index contributed by atoms with van der Waals surface area (Å²) in [4.78, 5) is 0. The smallest absolute Gasteiger partial charge is 0.0808 e. The molecular weight excluding hydrogens is 190 g/mol. The third kappa shape index (κ3) is 3.74. The van der Waals surface area contributed by atoms with Gasteiger partial charge in [-0.2, -0.15) is 0 Å². The molecule has 2 unspecified atom stereocenters. The Hall–Kier alpha value is -0.120.